The Morgan fingerprint density at radius 2 is 2.33 bits per heavy atom. The minimum Gasteiger partial charge on any atom is -0.324 e. The van der Waals surface area contributed by atoms with E-state index < -0.39 is 5.54 Å². The summed E-state index contributed by atoms with van der Waals surface area (Å²) < 4.78 is 1.73. The van der Waals surface area contributed by atoms with E-state index in [1.165, 1.54) is 6.33 Å². The minimum absolute atomic E-state index is 0.122. The number of nitrogens with two attached hydrogens (primary N) is 1. The highest BCUT2D eigenvalue weighted by atomic mass is 16.2. The number of carbonyl (C=O) groups is 1. The van der Waals surface area contributed by atoms with Crippen LogP contribution in [0.3, 0.4) is 0 Å². The van der Waals surface area contributed by atoms with Crippen LogP contribution in [0.15, 0.2) is 36.9 Å². The fourth-order valence-electron chi connectivity index (χ4n) is 2.38. The van der Waals surface area contributed by atoms with E-state index in [-0.39, 0.29) is 5.91 Å². The molecule has 1 unspecified atom stereocenters. The van der Waals surface area contributed by atoms with Gasteiger partial charge < -0.3 is 11.1 Å². The van der Waals surface area contributed by atoms with Crippen LogP contribution >= 0.6 is 0 Å². The molecular weight excluding hydrogens is 266 g/mol. The van der Waals surface area contributed by atoms with Gasteiger partial charge in [0.1, 0.15) is 12.7 Å². The van der Waals surface area contributed by atoms with Crippen LogP contribution in [0.2, 0.25) is 0 Å². The lowest BCUT2D eigenvalue weighted by molar-refractivity contribution is -0.121. The lowest BCUT2D eigenvalue weighted by atomic mass is 9.96. The van der Waals surface area contributed by atoms with Crippen LogP contribution < -0.4 is 11.1 Å². The van der Waals surface area contributed by atoms with Crippen molar-refractivity contribution in [1.29, 1.82) is 0 Å². The Kier molecular flexibility index (Phi) is 3.47. The molecule has 1 saturated carbocycles. The monoisotopic (exact) mass is 285 g/mol. The summed E-state index contributed by atoms with van der Waals surface area (Å²) in [5.74, 6) is 0.179. The molecule has 1 atom stereocenters. The zero-order valence-electron chi connectivity index (χ0n) is 12.0. The largest absolute Gasteiger partial charge is 0.324 e. The molecule has 0 aliphatic heterocycles. The molecule has 3 N–H and O–H groups in total. The van der Waals surface area contributed by atoms with Crippen LogP contribution in [0.25, 0.3) is 0 Å². The molecule has 1 aliphatic carbocycles. The van der Waals surface area contributed by atoms with Crippen LogP contribution in [-0.4, -0.2) is 26.2 Å². The molecule has 0 saturated heterocycles. The van der Waals surface area contributed by atoms with E-state index >= 15 is 0 Å². The molecule has 0 radical (unpaired) electrons. The van der Waals surface area contributed by atoms with Crippen molar-refractivity contribution in [2.75, 3.05) is 5.32 Å². The number of amides is 1. The number of hydrogen-bond donors (Lipinski definition) is 2. The van der Waals surface area contributed by atoms with E-state index in [2.05, 4.69) is 15.4 Å². The fourth-order valence-corrected chi connectivity index (χ4v) is 2.38. The molecule has 110 valence electrons. The first-order chi connectivity index (χ1) is 10.1. The molecule has 0 spiro atoms. The molecule has 2 aromatic rings. The van der Waals surface area contributed by atoms with E-state index in [1.807, 2.05) is 24.3 Å². The summed E-state index contributed by atoms with van der Waals surface area (Å²) >= 11 is 0. The van der Waals surface area contributed by atoms with Gasteiger partial charge in [-0.1, -0.05) is 12.1 Å². The quantitative estimate of drug-likeness (QED) is 0.869. The Morgan fingerprint density at radius 1 is 1.52 bits per heavy atom. The van der Waals surface area contributed by atoms with Crippen molar-refractivity contribution in [2.24, 2.45) is 11.7 Å². The van der Waals surface area contributed by atoms with Crippen molar-refractivity contribution < 1.29 is 4.79 Å². The van der Waals surface area contributed by atoms with Gasteiger partial charge in [-0.3, -0.25) is 4.79 Å². The summed E-state index contributed by atoms with van der Waals surface area (Å²) in [6, 6.07) is 7.70. The highest BCUT2D eigenvalue weighted by Crippen LogP contribution is 2.38. The molecular formula is C15H19N5O. The highest BCUT2D eigenvalue weighted by Gasteiger charge is 2.44. The standard InChI is InChI=1S/C15H19N5O/c1-15(16,12-5-6-12)14(21)19-13-4-2-3-11(7-13)8-20-10-17-9-18-20/h2-4,7,9-10,12H,5-6,8,16H2,1H3,(H,19,21). The van der Waals surface area contributed by atoms with E-state index in [1.54, 1.807) is 17.9 Å². The number of rotatable bonds is 5. The summed E-state index contributed by atoms with van der Waals surface area (Å²) in [7, 11) is 0. The molecule has 6 heteroatoms. The number of anilines is 1. The second-order valence-corrected chi connectivity index (χ2v) is 5.80. The van der Waals surface area contributed by atoms with Crippen LogP contribution in [0.4, 0.5) is 5.69 Å². The molecule has 1 fully saturated rings. The first-order valence-electron chi connectivity index (χ1n) is 7.07. The average Bonchev–Trinajstić information content (AvgIpc) is 3.20. The van der Waals surface area contributed by atoms with Crippen LogP contribution in [0.1, 0.15) is 25.3 Å². The topological polar surface area (TPSA) is 85.8 Å². The number of carbonyl (C=O) groups excluding carboxylic acids is 1. The van der Waals surface area contributed by atoms with E-state index in [4.69, 9.17) is 5.73 Å². The Hall–Kier alpha value is -2.21. The van der Waals surface area contributed by atoms with Crippen molar-refractivity contribution >= 4 is 11.6 Å². The van der Waals surface area contributed by atoms with E-state index in [9.17, 15) is 4.79 Å². The zero-order chi connectivity index (χ0) is 14.9. The van der Waals surface area contributed by atoms with Crippen LogP contribution in [0.5, 0.6) is 0 Å². The lowest BCUT2D eigenvalue weighted by Crippen LogP contribution is -2.50. The minimum atomic E-state index is -0.790. The number of nitrogens with one attached hydrogen (secondary N) is 1. The van der Waals surface area contributed by atoms with Gasteiger partial charge in [0.05, 0.1) is 12.1 Å². The highest BCUT2D eigenvalue weighted by molar-refractivity contribution is 5.98. The second kappa shape index (κ2) is 5.29. The third-order valence-electron chi connectivity index (χ3n) is 3.91. The number of hydrogen-bond acceptors (Lipinski definition) is 4. The van der Waals surface area contributed by atoms with Crippen molar-refractivity contribution in [2.45, 2.75) is 31.8 Å². The SMILES string of the molecule is CC(N)(C(=O)Nc1cccc(Cn2cncn2)c1)C1CC1. The number of aromatic nitrogens is 3. The first-order valence-corrected chi connectivity index (χ1v) is 7.07. The maximum absolute atomic E-state index is 12.3. The van der Waals surface area contributed by atoms with Crippen molar-refractivity contribution in [3.63, 3.8) is 0 Å². The predicted octanol–water partition coefficient (Wildman–Crippen LogP) is 1.39. The van der Waals surface area contributed by atoms with Gasteiger partial charge in [0.2, 0.25) is 5.91 Å². The summed E-state index contributed by atoms with van der Waals surface area (Å²) in [6.07, 6.45) is 5.23. The summed E-state index contributed by atoms with van der Waals surface area (Å²) in [4.78, 5) is 16.2. The van der Waals surface area contributed by atoms with Gasteiger partial charge in [0.15, 0.2) is 0 Å². The molecule has 21 heavy (non-hydrogen) atoms. The fraction of sp³-hybridized carbons (Fsp3) is 0.400. The third-order valence-corrected chi connectivity index (χ3v) is 3.91. The first kappa shape index (κ1) is 13.8. The second-order valence-electron chi connectivity index (χ2n) is 5.80. The van der Waals surface area contributed by atoms with Crippen LogP contribution in [-0.2, 0) is 11.3 Å². The van der Waals surface area contributed by atoms with Crippen molar-refractivity contribution in [1.82, 2.24) is 14.8 Å². The molecule has 3 rings (SSSR count). The predicted molar refractivity (Wildman–Crippen MR) is 79.5 cm³/mol. The summed E-state index contributed by atoms with van der Waals surface area (Å²) in [5.41, 5.74) is 7.14. The normalized spacial score (nSPS) is 17.2. The zero-order valence-corrected chi connectivity index (χ0v) is 12.0. The molecule has 1 aromatic heterocycles. The average molecular weight is 285 g/mol. The van der Waals surface area contributed by atoms with Gasteiger partial charge >= 0.3 is 0 Å². The number of nitrogens with zero attached hydrogens (tertiary/aromatic N) is 3. The molecule has 1 heterocycles. The molecule has 0 bridgehead atoms. The smallest absolute Gasteiger partial charge is 0.244 e. The van der Waals surface area contributed by atoms with Gasteiger partial charge in [-0.15, -0.1) is 0 Å². The molecule has 1 aliphatic rings. The lowest BCUT2D eigenvalue weighted by Gasteiger charge is -2.23. The maximum Gasteiger partial charge on any atom is 0.244 e. The van der Waals surface area contributed by atoms with Crippen molar-refractivity contribution in [3.8, 4) is 0 Å². The molecule has 1 amide bonds. The maximum atomic E-state index is 12.3. The van der Waals surface area contributed by atoms with Gasteiger partial charge in [-0.25, -0.2) is 9.67 Å². The van der Waals surface area contributed by atoms with Gasteiger partial charge in [0, 0.05) is 5.69 Å². The Bertz CT molecular complexity index is 631. The van der Waals surface area contributed by atoms with Gasteiger partial charge in [-0.2, -0.15) is 5.10 Å². The van der Waals surface area contributed by atoms with Gasteiger partial charge in [0.25, 0.3) is 0 Å². The Balaban J connectivity index is 1.69. The third kappa shape index (κ3) is 3.11. The Morgan fingerprint density at radius 3 is 3.00 bits per heavy atom. The van der Waals surface area contributed by atoms with Crippen molar-refractivity contribution in [3.05, 3.63) is 42.5 Å². The number of benzene rings is 1. The van der Waals surface area contributed by atoms with Crippen LogP contribution in [0, 0.1) is 5.92 Å². The van der Waals surface area contributed by atoms with E-state index in [0.29, 0.717) is 12.5 Å². The summed E-state index contributed by atoms with van der Waals surface area (Å²) in [5, 5.41) is 6.99. The summed E-state index contributed by atoms with van der Waals surface area (Å²) in [6.45, 7) is 2.42. The Labute approximate surface area is 123 Å². The molecule has 1 aromatic carbocycles. The van der Waals surface area contributed by atoms with E-state index in [0.717, 1.165) is 24.1 Å². The van der Waals surface area contributed by atoms with Gasteiger partial charge in [-0.05, 0) is 43.4 Å². The molecule has 6 nitrogen and oxygen atoms in total.